The lowest BCUT2D eigenvalue weighted by molar-refractivity contribution is 0.112. The Morgan fingerprint density at radius 2 is 2.36 bits per heavy atom. The van der Waals surface area contributed by atoms with Crippen LogP contribution in [0, 0.1) is 0 Å². The van der Waals surface area contributed by atoms with Crippen LogP contribution in [0.5, 0.6) is 0 Å². The molecule has 0 bridgehead atoms. The first-order chi connectivity index (χ1) is 6.77. The minimum Gasteiger partial charge on any atom is -0.392 e. The molecule has 1 aromatic heterocycles. The fraction of sp³-hybridized carbons (Fsp3) is 0.100. The molecule has 0 aliphatic rings. The van der Waals surface area contributed by atoms with Crippen molar-refractivity contribution in [1.29, 1.82) is 0 Å². The van der Waals surface area contributed by atoms with Crippen LogP contribution < -0.4 is 0 Å². The Kier molecular flexibility index (Phi) is 2.58. The second-order valence-corrected chi connectivity index (χ2v) is 4.31. The van der Waals surface area contributed by atoms with Gasteiger partial charge in [-0.05, 0) is 23.1 Å². The quantitative estimate of drug-likeness (QED) is 0.607. The zero-order valence-corrected chi connectivity index (χ0v) is 8.94. The van der Waals surface area contributed by atoms with Crippen molar-refractivity contribution in [3.05, 3.63) is 28.6 Å². The highest BCUT2D eigenvalue weighted by Crippen LogP contribution is 2.31. The number of aldehydes is 1. The number of hydrogen-bond donors (Lipinski definition) is 2. The van der Waals surface area contributed by atoms with E-state index in [1.807, 2.05) is 11.4 Å². The average Bonchev–Trinajstić information content (AvgIpc) is 2.66. The van der Waals surface area contributed by atoms with Crippen molar-refractivity contribution in [3.63, 3.8) is 0 Å². The van der Waals surface area contributed by atoms with Crippen LogP contribution >= 0.6 is 24.0 Å². The molecule has 1 heterocycles. The number of hydrogen-bond acceptors (Lipinski definition) is 4. The third-order valence-corrected chi connectivity index (χ3v) is 3.58. The molecular formula is C10H8O2S2. The molecule has 0 saturated heterocycles. The number of thiol groups is 1. The SMILES string of the molecule is O=Cc1c(CO)cc(S)c2sccc12. The summed E-state index contributed by atoms with van der Waals surface area (Å²) in [5.41, 5.74) is 1.21. The van der Waals surface area contributed by atoms with E-state index < -0.39 is 0 Å². The molecule has 1 N–H and O–H groups in total. The molecule has 1 aromatic carbocycles. The van der Waals surface area contributed by atoms with Gasteiger partial charge in [-0.15, -0.1) is 24.0 Å². The van der Waals surface area contributed by atoms with E-state index in [9.17, 15) is 4.79 Å². The molecule has 0 radical (unpaired) electrons. The van der Waals surface area contributed by atoms with Gasteiger partial charge in [0.15, 0.2) is 6.29 Å². The number of carbonyl (C=O) groups excluding carboxylic acids is 1. The Balaban J connectivity index is 2.88. The van der Waals surface area contributed by atoms with Crippen molar-refractivity contribution in [1.82, 2.24) is 0 Å². The third kappa shape index (κ3) is 1.35. The van der Waals surface area contributed by atoms with Gasteiger partial charge in [0.05, 0.1) is 6.61 Å². The number of aliphatic hydroxyl groups excluding tert-OH is 1. The highest BCUT2D eigenvalue weighted by Gasteiger charge is 2.10. The summed E-state index contributed by atoms with van der Waals surface area (Å²) in [6, 6.07) is 3.62. The smallest absolute Gasteiger partial charge is 0.151 e. The van der Waals surface area contributed by atoms with Crippen molar-refractivity contribution in [2.24, 2.45) is 0 Å². The summed E-state index contributed by atoms with van der Waals surface area (Å²) in [5, 5.41) is 11.9. The second kappa shape index (κ2) is 3.73. The van der Waals surface area contributed by atoms with Gasteiger partial charge in [-0.2, -0.15) is 0 Å². The van der Waals surface area contributed by atoms with Crippen LogP contribution in [0.1, 0.15) is 15.9 Å². The molecule has 0 aliphatic carbocycles. The van der Waals surface area contributed by atoms with Crippen molar-refractivity contribution in [2.45, 2.75) is 11.5 Å². The largest absolute Gasteiger partial charge is 0.392 e. The summed E-state index contributed by atoms with van der Waals surface area (Å²) in [5.74, 6) is 0. The fourth-order valence-electron chi connectivity index (χ4n) is 1.47. The second-order valence-electron chi connectivity index (χ2n) is 2.91. The van der Waals surface area contributed by atoms with E-state index in [0.717, 1.165) is 21.3 Å². The molecule has 4 heteroatoms. The summed E-state index contributed by atoms with van der Waals surface area (Å²) >= 11 is 5.86. The topological polar surface area (TPSA) is 37.3 Å². The Labute approximate surface area is 90.6 Å². The van der Waals surface area contributed by atoms with Crippen LogP contribution in [0.15, 0.2) is 22.4 Å². The maximum Gasteiger partial charge on any atom is 0.151 e. The van der Waals surface area contributed by atoms with Gasteiger partial charge in [0.25, 0.3) is 0 Å². The predicted molar refractivity (Wildman–Crippen MR) is 60.4 cm³/mol. The number of thiophene rings is 1. The molecule has 0 atom stereocenters. The van der Waals surface area contributed by atoms with Gasteiger partial charge in [-0.3, -0.25) is 4.79 Å². The van der Waals surface area contributed by atoms with Gasteiger partial charge < -0.3 is 5.11 Å². The zero-order chi connectivity index (χ0) is 10.1. The maximum absolute atomic E-state index is 10.9. The van der Waals surface area contributed by atoms with Gasteiger partial charge in [-0.25, -0.2) is 0 Å². The van der Waals surface area contributed by atoms with E-state index in [1.165, 1.54) is 0 Å². The minimum absolute atomic E-state index is 0.132. The molecule has 0 spiro atoms. The first kappa shape index (κ1) is 9.71. The summed E-state index contributed by atoms with van der Waals surface area (Å²) in [7, 11) is 0. The molecule has 0 unspecified atom stereocenters. The lowest BCUT2D eigenvalue weighted by atomic mass is 10.1. The van der Waals surface area contributed by atoms with E-state index in [1.54, 1.807) is 17.4 Å². The van der Waals surface area contributed by atoms with Crippen molar-refractivity contribution >= 4 is 40.3 Å². The van der Waals surface area contributed by atoms with Crippen molar-refractivity contribution < 1.29 is 9.90 Å². The number of carbonyl (C=O) groups is 1. The standard InChI is InChI=1S/C10H8O2S2/c11-4-6-3-9(13)10-7(1-2-14-10)8(6)5-12/h1-3,5,11,13H,4H2. The molecular weight excluding hydrogens is 216 g/mol. The van der Waals surface area contributed by atoms with E-state index in [0.29, 0.717) is 11.1 Å². The normalized spacial score (nSPS) is 10.7. The monoisotopic (exact) mass is 224 g/mol. The fourth-order valence-corrected chi connectivity index (χ4v) is 2.73. The molecule has 14 heavy (non-hydrogen) atoms. The molecule has 2 nitrogen and oxygen atoms in total. The predicted octanol–water partition coefficient (Wildman–Crippen LogP) is 2.49. The molecule has 2 rings (SSSR count). The van der Waals surface area contributed by atoms with Crippen molar-refractivity contribution in [3.8, 4) is 0 Å². The Morgan fingerprint density at radius 1 is 1.57 bits per heavy atom. The van der Waals surface area contributed by atoms with Crippen LogP contribution in [-0.2, 0) is 6.61 Å². The molecule has 0 aliphatic heterocycles. The first-order valence-corrected chi connectivity index (χ1v) is 5.38. The van der Waals surface area contributed by atoms with Gasteiger partial charge in [0, 0.05) is 20.5 Å². The van der Waals surface area contributed by atoms with Gasteiger partial charge in [0.2, 0.25) is 0 Å². The minimum atomic E-state index is -0.132. The molecule has 0 saturated carbocycles. The number of fused-ring (bicyclic) bond motifs is 1. The van der Waals surface area contributed by atoms with Crippen LogP contribution in [0.2, 0.25) is 0 Å². The highest BCUT2D eigenvalue weighted by molar-refractivity contribution is 7.80. The maximum atomic E-state index is 10.9. The lowest BCUT2D eigenvalue weighted by Crippen LogP contribution is -1.93. The van der Waals surface area contributed by atoms with E-state index >= 15 is 0 Å². The summed E-state index contributed by atoms with van der Waals surface area (Å²) in [4.78, 5) is 11.7. The summed E-state index contributed by atoms with van der Waals surface area (Å²) in [6.45, 7) is -0.132. The Morgan fingerprint density at radius 3 is 3.00 bits per heavy atom. The number of benzene rings is 1. The van der Waals surface area contributed by atoms with Gasteiger partial charge >= 0.3 is 0 Å². The third-order valence-electron chi connectivity index (χ3n) is 2.13. The number of rotatable bonds is 2. The van der Waals surface area contributed by atoms with E-state index in [-0.39, 0.29) is 6.61 Å². The van der Waals surface area contributed by atoms with Crippen LogP contribution in [0.25, 0.3) is 10.1 Å². The molecule has 2 aromatic rings. The number of aliphatic hydroxyl groups is 1. The zero-order valence-electron chi connectivity index (χ0n) is 7.23. The van der Waals surface area contributed by atoms with Gasteiger partial charge in [0.1, 0.15) is 0 Å². The lowest BCUT2D eigenvalue weighted by Gasteiger charge is -2.04. The van der Waals surface area contributed by atoms with Crippen molar-refractivity contribution in [2.75, 3.05) is 0 Å². The van der Waals surface area contributed by atoms with Crippen LogP contribution in [0.3, 0.4) is 0 Å². The molecule has 0 amide bonds. The molecule has 0 fully saturated rings. The first-order valence-electron chi connectivity index (χ1n) is 4.06. The average molecular weight is 224 g/mol. The Bertz CT molecular complexity index is 488. The summed E-state index contributed by atoms with van der Waals surface area (Å²) < 4.78 is 0.993. The van der Waals surface area contributed by atoms with Gasteiger partial charge in [-0.1, -0.05) is 0 Å². The Hall–Kier alpha value is -0.840. The molecule has 72 valence electrons. The highest BCUT2D eigenvalue weighted by atomic mass is 32.1. The van der Waals surface area contributed by atoms with E-state index in [4.69, 9.17) is 5.11 Å². The van der Waals surface area contributed by atoms with Crippen LogP contribution in [-0.4, -0.2) is 11.4 Å². The summed E-state index contributed by atoms with van der Waals surface area (Å²) in [6.07, 6.45) is 0.786. The van der Waals surface area contributed by atoms with E-state index in [2.05, 4.69) is 12.6 Å². The van der Waals surface area contributed by atoms with Crippen LogP contribution in [0.4, 0.5) is 0 Å².